The predicted octanol–water partition coefficient (Wildman–Crippen LogP) is 5.43. The lowest BCUT2D eigenvalue weighted by molar-refractivity contribution is -0.384. The SMILES string of the molecule is COC(=O)CC[C@H](C)c1ccc(C(Nc2ccc3cc[nH]c(=O)c3c2)C(=O)N(C)Cc2cc([N+](=O)[O-])ccc2C=O)cc1C. The van der Waals surface area contributed by atoms with E-state index in [-0.39, 0.29) is 47.6 Å². The van der Waals surface area contributed by atoms with E-state index in [2.05, 4.69) is 10.3 Å². The van der Waals surface area contributed by atoms with E-state index in [1.54, 1.807) is 37.5 Å². The molecule has 0 fully saturated rings. The number of fused-ring (bicyclic) bond motifs is 1. The zero-order chi connectivity index (χ0) is 32.0. The van der Waals surface area contributed by atoms with Crippen molar-refractivity contribution in [3.05, 3.63) is 115 Å². The van der Waals surface area contributed by atoms with Gasteiger partial charge in [0.25, 0.3) is 11.2 Å². The van der Waals surface area contributed by atoms with Crippen LogP contribution in [0.2, 0.25) is 0 Å². The number of nitrogens with one attached hydrogen (secondary N) is 2. The molecule has 4 rings (SSSR count). The molecule has 11 nitrogen and oxygen atoms in total. The third-order valence-corrected chi connectivity index (χ3v) is 7.75. The number of non-ortho nitro benzene ring substituents is 1. The summed E-state index contributed by atoms with van der Waals surface area (Å²) in [5.74, 6) is -0.572. The Kier molecular flexibility index (Phi) is 9.89. The van der Waals surface area contributed by atoms with Gasteiger partial charge in [0.1, 0.15) is 12.3 Å². The number of nitro groups is 1. The summed E-state index contributed by atoms with van der Waals surface area (Å²) in [5.41, 5.74) is 3.29. The summed E-state index contributed by atoms with van der Waals surface area (Å²) in [6.07, 6.45) is 3.05. The summed E-state index contributed by atoms with van der Waals surface area (Å²) in [4.78, 5) is 64.7. The highest BCUT2D eigenvalue weighted by atomic mass is 16.6. The first kappa shape index (κ1) is 31.6. The highest BCUT2D eigenvalue weighted by Crippen LogP contribution is 2.30. The summed E-state index contributed by atoms with van der Waals surface area (Å²) in [7, 11) is 2.92. The van der Waals surface area contributed by atoms with Gasteiger partial charge in [-0.25, -0.2) is 0 Å². The molecule has 1 aromatic heterocycles. The molecule has 0 aliphatic carbocycles. The van der Waals surface area contributed by atoms with E-state index in [0.717, 1.165) is 16.5 Å². The second kappa shape index (κ2) is 13.8. The molecule has 44 heavy (non-hydrogen) atoms. The largest absolute Gasteiger partial charge is 0.469 e. The monoisotopic (exact) mass is 598 g/mol. The highest BCUT2D eigenvalue weighted by molar-refractivity contribution is 5.89. The van der Waals surface area contributed by atoms with Crippen LogP contribution < -0.4 is 10.9 Å². The molecule has 0 aliphatic rings. The number of aldehydes is 1. The number of methoxy groups -OCH3 is 1. The molecule has 0 saturated carbocycles. The summed E-state index contributed by atoms with van der Waals surface area (Å²) < 4.78 is 4.77. The fourth-order valence-electron chi connectivity index (χ4n) is 5.26. The van der Waals surface area contributed by atoms with E-state index in [4.69, 9.17) is 4.74 Å². The van der Waals surface area contributed by atoms with Gasteiger partial charge in [0.15, 0.2) is 0 Å². The first-order valence-electron chi connectivity index (χ1n) is 14.0. The van der Waals surface area contributed by atoms with Crippen LogP contribution in [0.1, 0.15) is 64.3 Å². The number of hydrogen-bond acceptors (Lipinski definition) is 8. The molecular weight excluding hydrogens is 564 g/mol. The van der Waals surface area contributed by atoms with Gasteiger partial charge < -0.3 is 19.9 Å². The van der Waals surface area contributed by atoms with Crippen LogP contribution in [0, 0.1) is 17.0 Å². The van der Waals surface area contributed by atoms with Crippen LogP contribution in [0.3, 0.4) is 0 Å². The molecule has 1 unspecified atom stereocenters. The van der Waals surface area contributed by atoms with Crippen LogP contribution in [-0.2, 0) is 20.9 Å². The Labute approximate surface area is 254 Å². The fraction of sp³-hybridized carbons (Fsp3) is 0.273. The van der Waals surface area contributed by atoms with Crippen molar-refractivity contribution in [2.24, 2.45) is 0 Å². The predicted molar refractivity (Wildman–Crippen MR) is 167 cm³/mol. The maximum atomic E-state index is 14.1. The number of anilines is 1. The zero-order valence-corrected chi connectivity index (χ0v) is 25.0. The number of pyridine rings is 1. The van der Waals surface area contributed by atoms with Crippen molar-refractivity contribution in [1.82, 2.24) is 9.88 Å². The molecule has 1 amide bonds. The minimum absolute atomic E-state index is 0.0498. The number of likely N-dealkylation sites (N-methyl/N-ethyl adjacent to an activating group) is 1. The van der Waals surface area contributed by atoms with Crippen molar-refractivity contribution in [3.63, 3.8) is 0 Å². The number of nitro benzene ring substituents is 1. The Morgan fingerprint density at radius 1 is 1.11 bits per heavy atom. The van der Waals surface area contributed by atoms with Gasteiger partial charge in [0, 0.05) is 55.0 Å². The second-order valence-electron chi connectivity index (χ2n) is 10.8. The van der Waals surface area contributed by atoms with Gasteiger partial charge in [-0.05, 0) is 71.2 Å². The first-order valence-corrected chi connectivity index (χ1v) is 14.0. The molecule has 4 aromatic rings. The van der Waals surface area contributed by atoms with E-state index in [1.807, 2.05) is 32.0 Å². The van der Waals surface area contributed by atoms with Crippen LogP contribution in [0.15, 0.2) is 71.7 Å². The number of carbonyl (C=O) groups excluding carboxylic acids is 3. The quantitative estimate of drug-likeness (QED) is 0.0949. The van der Waals surface area contributed by atoms with Crippen LogP contribution in [0.5, 0.6) is 0 Å². The minimum Gasteiger partial charge on any atom is -0.469 e. The first-order chi connectivity index (χ1) is 21.0. The van der Waals surface area contributed by atoms with Gasteiger partial charge in [-0.1, -0.05) is 31.2 Å². The van der Waals surface area contributed by atoms with E-state index >= 15 is 0 Å². The van der Waals surface area contributed by atoms with Gasteiger partial charge >= 0.3 is 5.97 Å². The Bertz CT molecular complexity index is 1780. The van der Waals surface area contributed by atoms with Gasteiger partial charge in [-0.15, -0.1) is 0 Å². The number of aryl methyl sites for hydroxylation is 1. The Morgan fingerprint density at radius 3 is 2.57 bits per heavy atom. The second-order valence-corrected chi connectivity index (χ2v) is 10.8. The molecule has 0 radical (unpaired) electrons. The molecular formula is C33H34N4O7. The average molecular weight is 599 g/mol. The number of benzene rings is 3. The van der Waals surface area contributed by atoms with Crippen molar-refractivity contribution < 1.29 is 24.0 Å². The number of esters is 1. The third-order valence-electron chi connectivity index (χ3n) is 7.75. The molecule has 3 aromatic carbocycles. The molecule has 0 aliphatic heterocycles. The van der Waals surface area contributed by atoms with E-state index in [0.29, 0.717) is 34.9 Å². The van der Waals surface area contributed by atoms with E-state index < -0.39 is 11.0 Å². The number of aromatic amines is 1. The summed E-state index contributed by atoms with van der Waals surface area (Å²) in [6, 6.07) is 15.7. The summed E-state index contributed by atoms with van der Waals surface area (Å²) >= 11 is 0. The fourth-order valence-corrected chi connectivity index (χ4v) is 5.26. The number of H-pyrrole nitrogens is 1. The number of carbonyl (C=O) groups is 3. The summed E-state index contributed by atoms with van der Waals surface area (Å²) in [5, 5.41) is 15.8. The van der Waals surface area contributed by atoms with Crippen molar-refractivity contribution in [2.75, 3.05) is 19.5 Å². The Morgan fingerprint density at radius 2 is 1.89 bits per heavy atom. The molecule has 228 valence electrons. The lowest BCUT2D eigenvalue weighted by atomic mass is 9.90. The van der Waals surface area contributed by atoms with Crippen LogP contribution in [0.25, 0.3) is 10.8 Å². The third kappa shape index (κ3) is 7.17. The Balaban J connectivity index is 1.70. The topological polar surface area (TPSA) is 152 Å². The van der Waals surface area contributed by atoms with E-state index in [1.165, 1.54) is 30.2 Å². The number of nitrogens with zero attached hydrogens (tertiary/aromatic N) is 2. The number of rotatable bonds is 12. The van der Waals surface area contributed by atoms with Gasteiger partial charge in [0.05, 0.1) is 12.0 Å². The lowest BCUT2D eigenvalue weighted by Crippen LogP contribution is -2.35. The highest BCUT2D eigenvalue weighted by Gasteiger charge is 2.26. The van der Waals surface area contributed by atoms with Crippen LogP contribution in [0.4, 0.5) is 11.4 Å². The zero-order valence-electron chi connectivity index (χ0n) is 25.0. The number of hydrogen-bond donors (Lipinski definition) is 2. The molecule has 2 N–H and O–H groups in total. The summed E-state index contributed by atoms with van der Waals surface area (Å²) in [6.45, 7) is 3.91. The number of amides is 1. The maximum Gasteiger partial charge on any atom is 0.305 e. The lowest BCUT2D eigenvalue weighted by Gasteiger charge is -2.27. The van der Waals surface area contributed by atoms with Gasteiger partial charge in [0.2, 0.25) is 5.91 Å². The normalized spacial score (nSPS) is 12.3. The average Bonchev–Trinajstić information content (AvgIpc) is 3.02. The van der Waals surface area contributed by atoms with E-state index in [9.17, 15) is 29.3 Å². The van der Waals surface area contributed by atoms with Crippen molar-refractivity contribution in [2.45, 2.75) is 45.2 Å². The van der Waals surface area contributed by atoms with Crippen molar-refractivity contribution in [1.29, 1.82) is 0 Å². The smallest absolute Gasteiger partial charge is 0.305 e. The van der Waals surface area contributed by atoms with Gasteiger partial charge in [-0.2, -0.15) is 0 Å². The number of ether oxygens (including phenoxy) is 1. The molecule has 2 atom stereocenters. The van der Waals surface area contributed by atoms with Crippen molar-refractivity contribution in [3.8, 4) is 0 Å². The molecule has 0 bridgehead atoms. The maximum absolute atomic E-state index is 14.1. The molecule has 0 spiro atoms. The molecule has 0 saturated heterocycles. The molecule has 1 heterocycles. The minimum atomic E-state index is -0.906. The standard InChI is InChI=1S/C33H34N4O7/c1-20(5-12-30(39)44-4)28-11-8-23(15-21(28)2)31(35-26-9-6-22-13-14-34-32(40)29(22)17-26)33(41)36(3)18-25-16-27(37(42)43)10-7-24(25)19-38/h6-11,13-17,19-20,31,35H,5,12,18H2,1-4H3,(H,34,40)/t20-,31?/m0/s1. The Hall–Kier alpha value is -5.32. The van der Waals surface area contributed by atoms with Gasteiger partial charge in [-0.3, -0.25) is 29.3 Å². The van der Waals surface area contributed by atoms with Crippen molar-refractivity contribution >= 4 is 40.3 Å². The molecule has 11 heteroatoms. The van der Waals surface area contributed by atoms with Crippen LogP contribution >= 0.6 is 0 Å². The van der Waals surface area contributed by atoms with Crippen LogP contribution in [-0.4, -0.2) is 47.1 Å². The number of aromatic nitrogens is 1.